The molecule has 0 aliphatic rings. The Morgan fingerprint density at radius 3 is 2.16 bits per heavy atom. The number of nitrogens with zero attached hydrogens (tertiary/aromatic N) is 7. The van der Waals surface area contributed by atoms with Crippen molar-refractivity contribution in [2.75, 3.05) is 0 Å². The molecule has 0 saturated carbocycles. The molecule has 0 fully saturated rings. The zero-order valence-corrected chi connectivity index (χ0v) is 27.4. The van der Waals surface area contributed by atoms with Crippen LogP contribution in [0.1, 0.15) is 52.9 Å². The molecule has 0 saturated heterocycles. The molecule has 51 heavy (non-hydrogen) atoms. The second-order valence-corrected chi connectivity index (χ2v) is 12.4. The minimum atomic E-state index is -4.18. The molecule has 0 bridgehead atoms. The van der Waals surface area contributed by atoms with Crippen LogP contribution in [0.3, 0.4) is 0 Å². The molecule has 0 aliphatic heterocycles. The van der Waals surface area contributed by atoms with Crippen molar-refractivity contribution in [2.24, 2.45) is 0 Å². The number of aromatic nitrogens is 7. The zero-order valence-electron chi connectivity index (χ0n) is 27.4. The average Bonchev–Trinajstić information content (AvgIpc) is 3.80. The second kappa shape index (κ2) is 14.1. The minimum absolute atomic E-state index is 0.306. The monoisotopic (exact) mass is 697 g/mol. The van der Waals surface area contributed by atoms with Crippen LogP contribution in [0.15, 0.2) is 104 Å². The fourth-order valence-electron chi connectivity index (χ4n) is 5.17. The van der Waals surface area contributed by atoms with Crippen molar-refractivity contribution < 1.29 is 32.5 Å². The zero-order chi connectivity index (χ0) is 36.2. The SMILES string of the molecule is CC(C)(O)c1cnn(Cc2ccc(COc3ccc(C#Cc4ccc(C(F)(F)C(O)(Cn5cnnn5)c5ccc(F)cc5F)nc4)cc3)cc2)c1. The standard InChI is InChI=1S/C37H31F4N7O3/c1-35(2,49)29-19-44-47(21-29)20-27-5-7-28(8-6-27)22-51-31-13-9-25(10-14-31)3-4-26-11-16-34(42-18-26)37(40,41)36(50,23-48-24-43-45-46-48)32-15-12-30(38)17-33(32)39/h5-19,21,24,49-50H,20,22-23H2,1-2H3. The fraction of sp³-hybridized carbons (Fsp3) is 0.216. The van der Waals surface area contributed by atoms with Crippen molar-refractivity contribution in [3.63, 3.8) is 0 Å². The van der Waals surface area contributed by atoms with Gasteiger partial charge in [-0.25, -0.2) is 13.5 Å². The summed E-state index contributed by atoms with van der Waals surface area (Å²) in [7, 11) is 0. The Balaban J connectivity index is 1.08. The van der Waals surface area contributed by atoms with Crippen molar-refractivity contribution in [1.82, 2.24) is 35.0 Å². The molecule has 14 heteroatoms. The van der Waals surface area contributed by atoms with Crippen molar-refractivity contribution in [2.45, 2.75) is 50.7 Å². The molecule has 0 aliphatic carbocycles. The number of hydrogen-bond acceptors (Lipinski definition) is 8. The number of rotatable bonds is 11. The van der Waals surface area contributed by atoms with Crippen LogP contribution >= 0.6 is 0 Å². The van der Waals surface area contributed by atoms with Crippen molar-refractivity contribution in [3.05, 3.63) is 154 Å². The van der Waals surface area contributed by atoms with Gasteiger partial charge in [0.2, 0.25) is 0 Å². The number of alkyl halides is 2. The molecule has 3 heterocycles. The Labute approximate surface area is 290 Å². The van der Waals surface area contributed by atoms with E-state index in [-0.39, 0.29) is 0 Å². The van der Waals surface area contributed by atoms with Crippen LogP contribution in [0.5, 0.6) is 5.75 Å². The Bertz CT molecular complexity index is 2160. The summed E-state index contributed by atoms with van der Waals surface area (Å²) in [4.78, 5) is 3.83. The minimum Gasteiger partial charge on any atom is -0.489 e. The summed E-state index contributed by atoms with van der Waals surface area (Å²) >= 11 is 0. The topological polar surface area (TPSA) is 124 Å². The first kappa shape index (κ1) is 34.9. The summed E-state index contributed by atoms with van der Waals surface area (Å²) in [5, 5.41) is 36.0. The fourth-order valence-corrected chi connectivity index (χ4v) is 5.17. The van der Waals surface area contributed by atoms with Crippen molar-refractivity contribution >= 4 is 0 Å². The highest BCUT2D eigenvalue weighted by molar-refractivity contribution is 5.44. The second-order valence-electron chi connectivity index (χ2n) is 12.4. The predicted molar refractivity (Wildman–Crippen MR) is 176 cm³/mol. The maximum atomic E-state index is 16.0. The largest absolute Gasteiger partial charge is 0.489 e. The van der Waals surface area contributed by atoms with Crippen LogP contribution in [0, 0.1) is 23.5 Å². The van der Waals surface area contributed by atoms with Gasteiger partial charge < -0.3 is 14.9 Å². The van der Waals surface area contributed by atoms with E-state index in [1.54, 1.807) is 49.0 Å². The Morgan fingerprint density at radius 2 is 1.53 bits per heavy atom. The summed E-state index contributed by atoms with van der Waals surface area (Å²) < 4.78 is 68.8. The van der Waals surface area contributed by atoms with Crippen LogP contribution in [-0.2, 0) is 36.8 Å². The van der Waals surface area contributed by atoms with E-state index in [0.717, 1.165) is 52.1 Å². The lowest BCUT2D eigenvalue weighted by Crippen LogP contribution is -2.48. The molecule has 0 spiro atoms. The molecule has 1 unspecified atom stereocenters. The molecule has 0 radical (unpaired) electrons. The number of benzene rings is 3. The molecule has 2 N–H and O–H groups in total. The highest BCUT2D eigenvalue weighted by Gasteiger charge is 2.58. The van der Waals surface area contributed by atoms with Crippen LogP contribution in [0.25, 0.3) is 0 Å². The number of tetrazole rings is 1. The number of halogens is 4. The van der Waals surface area contributed by atoms with Gasteiger partial charge in [0.15, 0.2) is 5.60 Å². The predicted octanol–water partition coefficient (Wildman–Crippen LogP) is 5.48. The first-order valence-corrected chi connectivity index (χ1v) is 15.6. The van der Waals surface area contributed by atoms with Gasteiger partial charge in [0, 0.05) is 40.7 Å². The van der Waals surface area contributed by atoms with Gasteiger partial charge in [-0.1, -0.05) is 36.1 Å². The van der Waals surface area contributed by atoms with Crippen LogP contribution < -0.4 is 4.74 Å². The van der Waals surface area contributed by atoms with Crippen molar-refractivity contribution in [3.8, 4) is 17.6 Å². The average molecular weight is 698 g/mol. The Morgan fingerprint density at radius 1 is 0.824 bits per heavy atom. The molecule has 0 amide bonds. The lowest BCUT2D eigenvalue weighted by atomic mass is 9.84. The summed E-state index contributed by atoms with van der Waals surface area (Å²) in [5.74, 6) is -0.123. The van der Waals surface area contributed by atoms with E-state index >= 15 is 8.78 Å². The van der Waals surface area contributed by atoms with E-state index in [9.17, 15) is 19.0 Å². The molecule has 3 aromatic carbocycles. The third kappa shape index (κ3) is 7.95. The van der Waals surface area contributed by atoms with Crippen LogP contribution in [0.2, 0.25) is 0 Å². The van der Waals surface area contributed by atoms with E-state index in [4.69, 9.17) is 4.74 Å². The molecule has 1 atom stereocenters. The van der Waals surface area contributed by atoms with Gasteiger partial charge in [-0.2, -0.15) is 13.9 Å². The Kier molecular flexibility index (Phi) is 9.69. The molecular weight excluding hydrogens is 666 g/mol. The number of ether oxygens (including phenoxy) is 1. The van der Waals surface area contributed by atoms with E-state index in [2.05, 4.69) is 37.4 Å². The molecule has 260 valence electrons. The first-order valence-electron chi connectivity index (χ1n) is 15.6. The number of pyridine rings is 1. The van der Waals surface area contributed by atoms with Gasteiger partial charge >= 0.3 is 5.92 Å². The van der Waals surface area contributed by atoms with Crippen LogP contribution in [-0.4, -0.2) is 45.2 Å². The molecular formula is C37H31F4N7O3. The van der Waals surface area contributed by atoms with Gasteiger partial charge in [0.1, 0.15) is 36.0 Å². The first-order chi connectivity index (χ1) is 24.3. The van der Waals surface area contributed by atoms with Crippen LogP contribution in [0.4, 0.5) is 17.6 Å². The summed E-state index contributed by atoms with van der Waals surface area (Å²) in [6.07, 6.45) is 5.57. The van der Waals surface area contributed by atoms with Gasteiger partial charge in [-0.15, -0.1) is 5.10 Å². The molecule has 6 aromatic rings. The molecule has 6 rings (SSSR count). The number of hydrogen-bond donors (Lipinski definition) is 2. The smallest absolute Gasteiger partial charge is 0.323 e. The molecule has 10 nitrogen and oxygen atoms in total. The third-order valence-corrected chi connectivity index (χ3v) is 8.08. The Hall–Kier alpha value is -5.91. The van der Waals surface area contributed by atoms with Gasteiger partial charge in [-0.3, -0.25) is 9.67 Å². The summed E-state index contributed by atoms with van der Waals surface area (Å²) in [5.41, 5.74) is -2.22. The van der Waals surface area contributed by atoms with Gasteiger partial charge in [0.25, 0.3) is 0 Å². The molecule has 3 aromatic heterocycles. The van der Waals surface area contributed by atoms with Gasteiger partial charge in [0.05, 0.1) is 24.9 Å². The normalized spacial score (nSPS) is 12.9. The summed E-state index contributed by atoms with van der Waals surface area (Å²) in [6.45, 7) is 3.39. The highest BCUT2D eigenvalue weighted by atomic mass is 19.3. The quantitative estimate of drug-likeness (QED) is 0.135. The van der Waals surface area contributed by atoms with E-state index in [1.807, 2.05) is 30.5 Å². The maximum absolute atomic E-state index is 16.0. The number of aliphatic hydroxyl groups is 2. The van der Waals surface area contributed by atoms with Crippen molar-refractivity contribution in [1.29, 1.82) is 0 Å². The van der Waals surface area contributed by atoms with E-state index in [1.165, 1.54) is 6.07 Å². The van der Waals surface area contributed by atoms with Gasteiger partial charge in [-0.05, 0) is 83.9 Å². The summed E-state index contributed by atoms with van der Waals surface area (Å²) in [6, 6.07) is 19.2. The lowest BCUT2D eigenvalue weighted by Gasteiger charge is -2.35. The third-order valence-electron chi connectivity index (χ3n) is 8.08. The highest BCUT2D eigenvalue weighted by Crippen LogP contribution is 2.46. The lowest BCUT2D eigenvalue weighted by molar-refractivity contribution is -0.207. The van der Waals surface area contributed by atoms with E-state index < -0.39 is 46.6 Å². The van der Waals surface area contributed by atoms with E-state index in [0.29, 0.717) is 36.1 Å². The maximum Gasteiger partial charge on any atom is 0.323 e.